The third-order valence-electron chi connectivity index (χ3n) is 10.4. The van der Waals surface area contributed by atoms with Crippen molar-refractivity contribution in [2.24, 2.45) is 34.5 Å². The van der Waals surface area contributed by atoms with Gasteiger partial charge in [-0.2, -0.15) is 0 Å². The van der Waals surface area contributed by atoms with Crippen LogP contribution in [0, 0.1) is 34.5 Å². The fraction of sp³-hybridized carbons (Fsp3) is 0.852. The third kappa shape index (κ3) is 4.24. The first-order chi connectivity index (χ1) is 14.4. The summed E-state index contributed by atoms with van der Waals surface area (Å²) in [6.07, 6.45) is 13.1. The lowest BCUT2D eigenvalue weighted by Crippen LogP contribution is -2.55. The van der Waals surface area contributed by atoms with Gasteiger partial charge >= 0.3 is 0 Å². The molecule has 0 heterocycles. The van der Waals surface area contributed by atoms with E-state index < -0.39 is 16.6 Å². The Kier molecular flexibility index (Phi) is 6.38. The second kappa shape index (κ2) is 8.25. The lowest BCUT2D eigenvalue weighted by molar-refractivity contribution is -0.130. The minimum Gasteiger partial charge on any atom is -0.411 e. The fourth-order valence-electron chi connectivity index (χ4n) is 8.36. The molecule has 0 radical (unpaired) electrons. The average molecular weight is 461 g/mol. The summed E-state index contributed by atoms with van der Waals surface area (Å²) in [5.74, 6) is 3.55. The summed E-state index contributed by atoms with van der Waals surface area (Å²) in [7, 11) is -3.43. The van der Waals surface area contributed by atoms with Crippen molar-refractivity contribution in [2.45, 2.75) is 110 Å². The van der Waals surface area contributed by atoms with Gasteiger partial charge in [0, 0.05) is 6.10 Å². The maximum absolute atomic E-state index is 6.80. The molecule has 4 rings (SSSR count). The van der Waals surface area contributed by atoms with E-state index in [2.05, 4.69) is 64.6 Å². The lowest BCUT2D eigenvalue weighted by atomic mass is 9.45. The molecule has 4 aliphatic rings. The Balaban J connectivity index is 1.48. The van der Waals surface area contributed by atoms with Gasteiger partial charge in [-0.05, 0) is 118 Å². The molecule has 0 aromatic heterocycles. The van der Waals surface area contributed by atoms with E-state index in [-0.39, 0.29) is 0 Å². The summed E-state index contributed by atoms with van der Waals surface area (Å²) in [6.45, 7) is 22.6. The normalized spacial score (nSPS) is 45.4. The van der Waals surface area contributed by atoms with E-state index >= 15 is 0 Å². The zero-order valence-electron chi connectivity index (χ0n) is 21.2. The zero-order valence-corrected chi connectivity index (χ0v) is 23.2. The quantitative estimate of drug-likeness (QED) is 0.379. The second-order valence-electron chi connectivity index (χ2n) is 13.0. The van der Waals surface area contributed by atoms with Crippen LogP contribution in [-0.2, 0) is 8.85 Å². The van der Waals surface area contributed by atoms with E-state index in [0.29, 0.717) is 23.0 Å². The first-order valence-electron chi connectivity index (χ1n) is 13.1. The van der Waals surface area contributed by atoms with Crippen LogP contribution in [0.3, 0.4) is 0 Å². The van der Waals surface area contributed by atoms with E-state index in [1.54, 1.807) is 0 Å². The van der Waals surface area contributed by atoms with Gasteiger partial charge in [-0.15, -0.1) is 13.2 Å². The highest BCUT2D eigenvalue weighted by molar-refractivity contribution is 6.76. The summed E-state index contributed by atoms with van der Waals surface area (Å²) in [5.41, 5.74) is 5.14. The van der Waals surface area contributed by atoms with Crippen LogP contribution in [0.5, 0.6) is 0 Å². The molecule has 0 spiro atoms. The Morgan fingerprint density at radius 3 is 2.03 bits per heavy atom. The second-order valence-corrected chi connectivity index (χ2v) is 20.7. The van der Waals surface area contributed by atoms with Gasteiger partial charge in [-0.1, -0.05) is 25.2 Å². The zero-order chi connectivity index (χ0) is 22.7. The van der Waals surface area contributed by atoms with Gasteiger partial charge in [0.1, 0.15) is 0 Å². The van der Waals surface area contributed by atoms with Gasteiger partial charge in [0.05, 0.1) is 6.10 Å². The van der Waals surface area contributed by atoms with Gasteiger partial charge in [0.25, 0.3) is 0 Å². The molecule has 2 nitrogen and oxygen atoms in total. The van der Waals surface area contributed by atoms with E-state index in [1.165, 1.54) is 57.8 Å². The van der Waals surface area contributed by atoms with Crippen LogP contribution in [0.1, 0.15) is 71.6 Å². The van der Waals surface area contributed by atoms with Crippen molar-refractivity contribution < 1.29 is 8.85 Å². The molecule has 4 aliphatic carbocycles. The number of rotatable bonds is 6. The van der Waals surface area contributed by atoms with Crippen LogP contribution < -0.4 is 0 Å². The fourth-order valence-corrected chi connectivity index (χ4v) is 10.7. The molecule has 0 bridgehead atoms. The van der Waals surface area contributed by atoms with Gasteiger partial charge in [-0.25, -0.2) is 0 Å². The molecule has 0 amide bonds. The Labute approximate surface area is 194 Å². The minimum atomic E-state index is -1.74. The maximum atomic E-state index is 6.80. The highest BCUT2D eigenvalue weighted by Gasteiger charge is 2.61. The molecule has 176 valence electrons. The Bertz CT molecular complexity index is 703. The van der Waals surface area contributed by atoms with Crippen molar-refractivity contribution in [1.82, 2.24) is 0 Å². The van der Waals surface area contributed by atoms with Crippen LogP contribution >= 0.6 is 0 Å². The van der Waals surface area contributed by atoms with Crippen molar-refractivity contribution in [3.63, 3.8) is 0 Å². The summed E-state index contributed by atoms with van der Waals surface area (Å²) in [4.78, 5) is 0. The number of hydrogen-bond donors (Lipinski definition) is 0. The predicted octanol–water partition coefficient (Wildman–Crippen LogP) is 7.66. The first-order valence-corrected chi connectivity index (χ1v) is 19.0. The van der Waals surface area contributed by atoms with Crippen molar-refractivity contribution in [2.75, 3.05) is 0 Å². The lowest BCUT2D eigenvalue weighted by Gasteiger charge is -2.61. The van der Waals surface area contributed by atoms with Gasteiger partial charge in [0.2, 0.25) is 16.6 Å². The molecule has 4 heteroatoms. The Morgan fingerprint density at radius 2 is 1.35 bits per heavy atom. The Morgan fingerprint density at radius 1 is 0.742 bits per heavy atom. The smallest absolute Gasteiger partial charge is 0.210 e. The molecule has 3 unspecified atom stereocenters. The highest BCUT2D eigenvalue weighted by atomic mass is 28.4. The van der Waals surface area contributed by atoms with Gasteiger partial charge in [0.15, 0.2) is 0 Å². The van der Waals surface area contributed by atoms with Crippen molar-refractivity contribution >= 4 is 16.6 Å². The number of hydrogen-bond acceptors (Lipinski definition) is 2. The third-order valence-corrected chi connectivity index (χ3v) is 14.2. The topological polar surface area (TPSA) is 18.5 Å². The predicted molar refractivity (Wildman–Crippen MR) is 137 cm³/mol. The van der Waals surface area contributed by atoms with Crippen LogP contribution in [0.2, 0.25) is 26.2 Å². The van der Waals surface area contributed by atoms with Gasteiger partial charge < -0.3 is 8.85 Å². The largest absolute Gasteiger partial charge is 0.411 e. The molecule has 0 saturated heterocycles. The van der Waals surface area contributed by atoms with Crippen LogP contribution in [-0.4, -0.2) is 28.8 Å². The summed E-state index contributed by atoms with van der Waals surface area (Å²) < 4.78 is 13.4. The monoisotopic (exact) mass is 460 g/mol. The summed E-state index contributed by atoms with van der Waals surface area (Å²) in [6, 6.07) is 0. The molecule has 0 N–H and O–H groups in total. The average Bonchev–Trinajstić information content (AvgIpc) is 3.04. The van der Waals surface area contributed by atoms with Gasteiger partial charge in [-0.3, -0.25) is 0 Å². The first kappa shape index (κ1) is 24.0. The standard InChI is InChI=1S/C27H48O2Si2/c1-9-30(5,6)28-21-15-17-26(3)20(19-21)11-12-22-23-13-14-25(29-31(7,8)10-2)27(23,4)18-16-24(22)26/h9-10,20-25H,1-2,11-19H2,3-8H3/t20-,21-,22?,23?,24?,25-,26-,27-/m0/s1. The molecule has 4 saturated carbocycles. The summed E-state index contributed by atoms with van der Waals surface area (Å²) >= 11 is 0. The highest BCUT2D eigenvalue weighted by Crippen LogP contribution is 2.66. The van der Waals surface area contributed by atoms with Crippen LogP contribution in [0.4, 0.5) is 0 Å². The molecular formula is C27H48O2Si2. The molecular weight excluding hydrogens is 412 g/mol. The van der Waals surface area contributed by atoms with E-state index in [0.717, 1.165) is 23.7 Å². The molecule has 0 aromatic carbocycles. The minimum absolute atomic E-state index is 0.386. The Hall–Kier alpha value is -0.166. The van der Waals surface area contributed by atoms with Crippen molar-refractivity contribution in [3.8, 4) is 0 Å². The summed E-state index contributed by atoms with van der Waals surface area (Å²) in [5, 5.41) is 0. The molecule has 8 atom stereocenters. The van der Waals surface area contributed by atoms with Crippen molar-refractivity contribution in [1.29, 1.82) is 0 Å². The van der Waals surface area contributed by atoms with Crippen LogP contribution in [0.25, 0.3) is 0 Å². The number of fused-ring (bicyclic) bond motifs is 5. The van der Waals surface area contributed by atoms with E-state index in [9.17, 15) is 0 Å². The maximum Gasteiger partial charge on any atom is 0.210 e. The van der Waals surface area contributed by atoms with E-state index in [1.807, 2.05) is 0 Å². The van der Waals surface area contributed by atoms with Crippen molar-refractivity contribution in [3.05, 3.63) is 24.6 Å². The molecule has 0 aliphatic heterocycles. The van der Waals surface area contributed by atoms with E-state index in [4.69, 9.17) is 8.85 Å². The molecule has 31 heavy (non-hydrogen) atoms. The molecule has 0 aromatic rings. The molecule has 4 fully saturated rings. The van der Waals surface area contributed by atoms with Crippen LogP contribution in [0.15, 0.2) is 24.6 Å². The SMILES string of the molecule is C=C[Si](C)(C)O[C@H]1CC[C@]2(C)C3CC[C@@]4(C)C(CC[C@@H]4O[Si](C)(C)C=C)C3CC[C@H]2C1.